The predicted molar refractivity (Wildman–Crippen MR) is 182 cm³/mol. The van der Waals surface area contributed by atoms with Crippen molar-refractivity contribution in [2.75, 3.05) is 0 Å². The Morgan fingerprint density at radius 3 is 1.65 bits per heavy atom. The van der Waals surface area contributed by atoms with Gasteiger partial charge < -0.3 is 19.4 Å². The fourth-order valence-corrected chi connectivity index (χ4v) is 4.82. The van der Waals surface area contributed by atoms with E-state index < -0.39 is 0 Å². The first-order valence-corrected chi connectivity index (χ1v) is 14.7. The summed E-state index contributed by atoms with van der Waals surface area (Å²) in [5.74, 6) is 0. The Morgan fingerprint density at radius 2 is 1.09 bits per heavy atom. The van der Waals surface area contributed by atoms with Crippen molar-refractivity contribution < 1.29 is 24.5 Å². The molecule has 4 aromatic heterocycles. The molecule has 0 N–H and O–H groups in total. The summed E-state index contributed by atoms with van der Waals surface area (Å²) in [5.41, 5.74) is 9.78. The molecule has 0 aliphatic carbocycles. The van der Waals surface area contributed by atoms with Gasteiger partial charge in [0.15, 0.2) is 0 Å². The molecule has 0 unspecified atom stereocenters. The molecule has 0 aliphatic rings. The number of rotatable bonds is 3. The van der Waals surface area contributed by atoms with Gasteiger partial charge in [-0.1, -0.05) is 66.0 Å². The minimum absolute atomic E-state index is 0. The summed E-state index contributed by atoms with van der Waals surface area (Å²) in [6.45, 7) is 3.98. The number of pyridine rings is 3. The number of para-hydroxylation sites is 1. The van der Waals surface area contributed by atoms with Crippen molar-refractivity contribution in [1.29, 1.82) is 0 Å². The van der Waals surface area contributed by atoms with E-state index in [4.69, 9.17) is 4.42 Å². The molecule has 8 aromatic rings. The first kappa shape index (κ1) is 32.2. The van der Waals surface area contributed by atoms with Crippen molar-refractivity contribution in [1.82, 2.24) is 15.0 Å². The van der Waals surface area contributed by atoms with Gasteiger partial charge in [0.2, 0.25) is 0 Å². The van der Waals surface area contributed by atoms with E-state index in [-0.39, 0.29) is 20.1 Å². The second-order valence-corrected chi connectivity index (χ2v) is 10.3. The molecule has 224 valence electrons. The van der Waals surface area contributed by atoms with Crippen LogP contribution in [0.25, 0.3) is 55.7 Å². The van der Waals surface area contributed by atoms with Crippen LogP contribution in [-0.2, 0) is 20.1 Å². The largest absolute Gasteiger partial charge is 3.00 e. The van der Waals surface area contributed by atoms with E-state index in [0.29, 0.717) is 0 Å². The maximum atomic E-state index is 5.87. The van der Waals surface area contributed by atoms with E-state index in [9.17, 15) is 0 Å². The molecule has 0 aliphatic heterocycles. The molecule has 0 saturated carbocycles. The fraction of sp³-hybridized carbons (Fsp3) is 0.0488. The van der Waals surface area contributed by atoms with E-state index in [1.165, 1.54) is 0 Å². The monoisotopic (exact) mass is 773 g/mol. The van der Waals surface area contributed by atoms with Gasteiger partial charge in [-0.05, 0) is 60.6 Å². The van der Waals surface area contributed by atoms with Crippen LogP contribution in [0, 0.1) is 32.0 Å². The smallest absolute Gasteiger partial charge is 0.476 e. The van der Waals surface area contributed by atoms with Crippen LogP contribution in [0.2, 0.25) is 0 Å². The fourth-order valence-electron chi connectivity index (χ4n) is 4.82. The third kappa shape index (κ3) is 8.08. The maximum Gasteiger partial charge on any atom is 3.00 e. The van der Waals surface area contributed by atoms with Gasteiger partial charge >= 0.3 is 20.1 Å². The molecule has 0 bridgehead atoms. The summed E-state index contributed by atoms with van der Waals surface area (Å²) < 4.78 is 5.87. The molecule has 0 amide bonds. The third-order valence-corrected chi connectivity index (χ3v) is 7.00. The predicted octanol–water partition coefficient (Wildman–Crippen LogP) is 10.2. The average molecular weight is 773 g/mol. The van der Waals surface area contributed by atoms with Gasteiger partial charge in [0.1, 0.15) is 5.58 Å². The van der Waals surface area contributed by atoms with Crippen molar-refractivity contribution in [2.45, 2.75) is 13.8 Å². The Hall–Kier alpha value is -5.22. The van der Waals surface area contributed by atoms with Crippen LogP contribution in [0.4, 0.5) is 0 Å². The summed E-state index contributed by atoms with van der Waals surface area (Å²) in [4.78, 5) is 13.2. The van der Waals surface area contributed by atoms with E-state index in [2.05, 4.69) is 39.2 Å². The first-order valence-electron chi connectivity index (χ1n) is 14.7. The summed E-state index contributed by atoms with van der Waals surface area (Å²) >= 11 is 0. The van der Waals surface area contributed by atoms with Crippen molar-refractivity contribution in [3.8, 4) is 33.8 Å². The molecule has 8 rings (SSSR count). The van der Waals surface area contributed by atoms with E-state index in [1.54, 1.807) is 6.20 Å². The molecule has 4 nitrogen and oxygen atoms in total. The Labute approximate surface area is 283 Å². The number of furan rings is 1. The third-order valence-electron chi connectivity index (χ3n) is 7.00. The van der Waals surface area contributed by atoms with Crippen LogP contribution in [0.5, 0.6) is 0 Å². The van der Waals surface area contributed by atoms with Crippen molar-refractivity contribution >= 4 is 21.9 Å². The van der Waals surface area contributed by atoms with E-state index in [0.717, 1.165) is 67.1 Å². The van der Waals surface area contributed by atoms with Crippen molar-refractivity contribution in [3.63, 3.8) is 0 Å². The van der Waals surface area contributed by atoms with Crippen molar-refractivity contribution in [2.24, 2.45) is 0 Å². The standard InChI is InChI=1S/C17H10NO.2C12H10N.Ir/c1-2-7-16-13(5-1)14-9-8-12(11-17(14)19-16)15-6-3-4-10-18-15;2*1-10-6-5-9-12(13-10)11-7-3-2-4-8-11;/h1-7,9-11H;2*2-7,9H,1H3;/q3*-1;+3. The summed E-state index contributed by atoms with van der Waals surface area (Å²) in [7, 11) is 0. The second-order valence-electron chi connectivity index (χ2n) is 10.3. The van der Waals surface area contributed by atoms with Gasteiger partial charge in [0.05, 0.1) is 5.58 Å². The van der Waals surface area contributed by atoms with Gasteiger partial charge in [-0.3, -0.25) is 0 Å². The van der Waals surface area contributed by atoms with Crippen LogP contribution < -0.4 is 0 Å². The van der Waals surface area contributed by atoms with Crippen LogP contribution in [0.3, 0.4) is 0 Å². The second kappa shape index (κ2) is 15.7. The molecule has 46 heavy (non-hydrogen) atoms. The van der Waals surface area contributed by atoms with Gasteiger partial charge in [-0.25, -0.2) is 0 Å². The molecule has 4 aromatic carbocycles. The number of hydrogen-bond donors (Lipinski definition) is 0. The van der Waals surface area contributed by atoms with Crippen LogP contribution in [0.1, 0.15) is 11.4 Å². The van der Waals surface area contributed by atoms with Crippen molar-refractivity contribution in [3.05, 3.63) is 175 Å². The van der Waals surface area contributed by atoms with Crippen LogP contribution in [-0.4, -0.2) is 15.0 Å². The number of aryl methyl sites for hydroxylation is 2. The molecule has 0 radical (unpaired) electrons. The average Bonchev–Trinajstić information content (AvgIpc) is 3.48. The number of benzene rings is 4. The molecule has 0 saturated heterocycles. The minimum Gasteiger partial charge on any atom is -0.476 e. The summed E-state index contributed by atoms with van der Waals surface area (Å²) in [5, 5.41) is 2.22. The summed E-state index contributed by atoms with van der Waals surface area (Å²) in [6, 6.07) is 55.2. The quantitative estimate of drug-likeness (QED) is 0.168. The first-order chi connectivity index (χ1) is 22.1. The topological polar surface area (TPSA) is 51.8 Å². The molecule has 0 atom stereocenters. The van der Waals surface area contributed by atoms with E-state index >= 15 is 0 Å². The Kier molecular flexibility index (Phi) is 11.0. The molecule has 0 fully saturated rings. The molecule has 4 heterocycles. The minimum atomic E-state index is 0. The zero-order valence-electron chi connectivity index (χ0n) is 25.4. The number of aromatic nitrogens is 3. The zero-order valence-corrected chi connectivity index (χ0v) is 27.8. The number of fused-ring (bicyclic) bond motifs is 3. The Bertz CT molecular complexity index is 2050. The Morgan fingerprint density at radius 1 is 0.500 bits per heavy atom. The maximum absolute atomic E-state index is 5.87. The SMILES string of the molecule is Cc1cccc(-c2[c-]cccc2)n1.Cc1cccc(-c2[c-]cccc2)n1.[Ir+3].[c-]1cc2c(cc1-c1ccccn1)oc1ccccc12. The Balaban J connectivity index is 0.000000139. The van der Waals surface area contributed by atoms with E-state index in [1.807, 2.05) is 147 Å². The molecular weight excluding hydrogens is 743 g/mol. The molecular formula is C41H30IrN3O. The summed E-state index contributed by atoms with van der Waals surface area (Å²) in [6.07, 6.45) is 1.78. The van der Waals surface area contributed by atoms with Gasteiger partial charge in [0.25, 0.3) is 0 Å². The van der Waals surface area contributed by atoms with Gasteiger partial charge in [-0.15, -0.1) is 89.5 Å². The van der Waals surface area contributed by atoms with Crippen LogP contribution in [0.15, 0.2) is 150 Å². The van der Waals surface area contributed by atoms with Gasteiger partial charge in [0, 0.05) is 17.6 Å². The molecule has 0 spiro atoms. The number of nitrogens with zero attached hydrogens (tertiary/aromatic N) is 3. The zero-order chi connectivity index (χ0) is 30.8. The van der Waals surface area contributed by atoms with Crippen LogP contribution >= 0.6 is 0 Å². The number of hydrogen-bond acceptors (Lipinski definition) is 4. The van der Waals surface area contributed by atoms with Gasteiger partial charge in [-0.2, -0.15) is 0 Å². The molecule has 5 heteroatoms. The normalized spacial score (nSPS) is 10.2.